The first-order valence-electron chi connectivity index (χ1n) is 10.5. The highest BCUT2D eigenvalue weighted by atomic mass is 32.2. The van der Waals surface area contributed by atoms with Crippen molar-refractivity contribution in [2.45, 2.75) is 33.0 Å². The van der Waals surface area contributed by atoms with Crippen molar-refractivity contribution in [1.82, 2.24) is 5.32 Å². The van der Waals surface area contributed by atoms with Gasteiger partial charge in [-0.1, -0.05) is 36.4 Å². The highest BCUT2D eigenvalue weighted by molar-refractivity contribution is 7.92. The van der Waals surface area contributed by atoms with Gasteiger partial charge in [-0.05, 0) is 61.4 Å². The Labute approximate surface area is 194 Å². The average Bonchev–Trinajstić information content (AvgIpc) is 2.77. The van der Waals surface area contributed by atoms with Gasteiger partial charge >= 0.3 is 0 Å². The van der Waals surface area contributed by atoms with Crippen LogP contribution in [0.3, 0.4) is 0 Å². The molecule has 0 atom stereocenters. The lowest BCUT2D eigenvalue weighted by Gasteiger charge is -2.23. The minimum absolute atomic E-state index is 0.0216. The van der Waals surface area contributed by atoms with E-state index in [1.165, 1.54) is 18.2 Å². The summed E-state index contributed by atoms with van der Waals surface area (Å²) in [5, 5.41) is 2.86. The van der Waals surface area contributed by atoms with Crippen LogP contribution in [-0.4, -0.2) is 26.7 Å². The number of nitrogens with one attached hydrogen (secondary N) is 1. The van der Waals surface area contributed by atoms with Gasteiger partial charge in [0.25, 0.3) is 5.91 Å². The second-order valence-corrected chi connectivity index (χ2v) is 9.82. The van der Waals surface area contributed by atoms with Crippen LogP contribution in [-0.2, 0) is 23.1 Å². The molecular weight excluding hydrogens is 443 g/mol. The number of hydrogen-bond acceptors (Lipinski definition) is 4. The Bertz CT molecular complexity index is 1190. The maximum absolute atomic E-state index is 14.2. The van der Waals surface area contributed by atoms with E-state index in [0.29, 0.717) is 17.7 Å². The predicted octanol–water partition coefficient (Wildman–Crippen LogP) is 4.51. The zero-order valence-electron chi connectivity index (χ0n) is 18.8. The molecule has 6 nitrogen and oxygen atoms in total. The first kappa shape index (κ1) is 24.3. The van der Waals surface area contributed by atoms with Crippen LogP contribution in [0.25, 0.3) is 0 Å². The van der Waals surface area contributed by atoms with Crippen LogP contribution >= 0.6 is 0 Å². The van der Waals surface area contributed by atoms with Gasteiger partial charge in [0, 0.05) is 12.1 Å². The summed E-state index contributed by atoms with van der Waals surface area (Å²) in [4.78, 5) is 12.5. The van der Waals surface area contributed by atoms with E-state index in [4.69, 9.17) is 4.74 Å². The molecule has 0 aliphatic heterocycles. The molecule has 0 aliphatic carbocycles. The van der Waals surface area contributed by atoms with E-state index in [1.807, 2.05) is 38.1 Å². The highest BCUT2D eigenvalue weighted by Crippen LogP contribution is 2.24. The van der Waals surface area contributed by atoms with Crippen molar-refractivity contribution in [1.29, 1.82) is 0 Å². The van der Waals surface area contributed by atoms with Gasteiger partial charge < -0.3 is 10.1 Å². The summed E-state index contributed by atoms with van der Waals surface area (Å²) in [5.41, 5.74) is 1.98. The molecular formula is C25H27FN2O4S. The number of ether oxygens (including phenoxy) is 1. The van der Waals surface area contributed by atoms with E-state index >= 15 is 0 Å². The molecule has 0 aliphatic rings. The molecule has 0 radical (unpaired) electrons. The zero-order valence-corrected chi connectivity index (χ0v) is 19.6. The molecule has 8 heteroatoms. The normalized spacial score (nSPS) is 11.3. The van der Waals surface area contributed by atoms with Crippen molar-refractivity contribution in [3.8, 4) is 5.75 Å². The maximum Gasteiger partial charge on any atom is 0.251 e. The van der Waals surface area contributed by atoms with Crippen molar-refractivity contribution >= 4 is 21.6 Å². The maximum atomic E-state index is 14.2. The molecule has 174 valence electrons. The summed E-state index contributed by atoms with van der Waals surface area (Å²) in [7, 11) is -3.71. The summed E-state index contributed by atoms with van der Waals surface area (Å²) in [6, 6.07) is 19.8. The zero-order chi connectivity index (χ0) is 24.0. The van der Waals surface area contributed by atoms with Crippen LogP contribution in [0.2, 0.25) is 0 Å². The standard InChI is InChI=1S/C25H27FN2O4S/c1-18(2)32-22-14-10-19(11-15-22)16-27-25(29)21-12-8-20(9-13-21)17-28(33(3,30)31)24-7-5-4-6-23(24)26/h4-15,18H,16-17H2,1-3H3,(H,27,29). The fraction of sp³-hybridized carbons (Fsp3) is 0.240. The average molecular weight is 471 g/mol. The van der Waals surface area contributed by atoms with Gasteiger partial charge in [0.1, 0.15) is 11.6 Å². The fourth-order valence-electron chi connectivity index (χ4n) is 3.20. The summed E-state index contributed by atoms with van der Waals surface area (Å²) < 4.78 is 45.3. The van der Waals surface area contributed by atoms with Crippen molar-refractivity contribution in [3.63, 3.8) is 0 Å². The van der Waals surface area contributed by atoms with Crippen molar-refractivity contribution in [3.05, 3.63) is 95.3 Å². The molecule has 3 aromatic carbocycles. The van der Waals surface area contributed by atoms with Crippen LogP contribution < -0.4 is 14.4 Å². The molecule has 33 heavy (non-hydrogen) atoms. The molecule has 1 amide bonds. The monoisotopic (exact) mass is 470 g/mol. The number of sulfonamides is 1. The summed E-state index contributed by atoms with van der Waals surface area (Å²) >= 11 is 0. The highest BCUT2D eigenvalue weighted by Gasteiger charge is 2.21. The predicted molar refractivity (Wildman–Crippen MR) is 127 cm³/mol. The molecule has 3 rings (SSSR count). The number of nitrogens with zero attached hydrogens (tertiary/aromatic N) is 1. The quantitative estimate of drug-likeness (QED) is 0.499. The van der Waals surface area contributed by atoms with E-state index in [1.54, 1.807) is 30.3 Å². The van der Waals surface area contributed by atoms with Crippen LogP contribution in [0.5, 0.6) is 5.75 Å². The topological polar surface area (TPSA) is 75.7 Å². The van der Waals surface area contributed by atoms with Gasteiger partial charge in [0.15, 0.2) is 0 Å². The van der Waals surface area contributed by atoms with E-state index in [-0.39, 0.29) is 24.2 Å². The van der Waals surface area contributed by atoms with Gasteiger partial charge in [-0.3, -0.25) is 9.10 Å². The molecule has 0 unspecified atom stereocenters. The molecule has 0 saturated heterocycles. The third kappa shape index (κ3) is 6.79. The Kier molecular flexibility index (Phi) is 7.71. The van der Waals surface area contributed by atoms with Gasteiger partial charge in [-0.2, -0.15) is 0 Å². The van der Waals surface area contributed by atoms with E-state index < -0.39 is 15.8 Å². The van der Waals surface area contributed by atoms with Crippen LogP contribution in [0, 0.1) is 5.82 Å². The molecule has 0 spiro atoms. The molecule has 0 heterocycles. The number of carbonyl (C=O) groups excluding carboxylic acids is 1. The Morgan fingerprint density at radius 1 is 0.970 bits per heavy atom. The Morgan fingerprint density at radius 3 is 2.15 bits per heavy atom. The lowest BCUT2D eigenvalue weighted by molar-refractivity contribution is 0.0951. The van der Waals surface area contributed by atoms with Crippen LogP contribution in [0.1, 0.15) is 35.3 Å². The third-order valence-electron chi connectivity index (χ3n) is 4.81. The molecule has 1 N–H and O–H groups in total. The minimum Gasteiger partial charge on any atom is -0.491 e. The smallest absolute Gasteiger partial charge is 0.251 e. The molecule has 0 saturated carbocycles. The van der Waals surface area contributed by atoms with Crippen molar-refractivity contribution < 1.29 is 22.3 Å². The number of amides is 1. The van der Waals surface area contributed by atoms with Gasteiger partial charge in [0.05, 0.1) is 24.6 Å². The number of para-hydroxylation sites is 1. The largest absolute Gasteiger partial charge is 0.491 e. The second-order valence-electron chi connectivity index (χ2n) is 7.91. The second kappa shape index (κ2) is 10.5. The van der Waals surface area contributed by atoms with Gasteiger partial charge in [-0.25, -0.2) is 12.8 Å². The SMILES string of the molecule is CC(C)Oc1ccc(CNC(=O)c2ccc(CN(c3ccccc3F)S(C)(=O)=O)cc2)cc1. The Morgan fingerprint density at radius 2 is 1.58 bits per heavy atom. The Balaban J connectivity index is 1.64. The molecule has 0 bridgehead atoms. The van der Waals surface area contributed by atoms with Gasteiger partial charge in [0.2, 0.25) is 10.0 Å². The lowest BCUT2D eigenvalue weighted by atomic mass is 10.1. The fourth-order valence-corrected chi connectivity index (χ4v) is 4.09. The molecule has 3 aromatic rings. The number of anilines is 1. The van der Waals surface area contributed by atoms with Crippen LogP contribution in [0.4, 0.5) is 10.1 Å². The number of hydrogen-bond donors (Lipinski definition) is 1. The van der Waals surface area contributed by atoms with E-state index in [2.05, 4.69) is 5.32 Å². The summed E-state index contributed by atoms with van der Waals surface area (Å²) in [5.74, 6) is -0.102. The number of rotatable bonds is 9. The lowest BCUT2D eigenvalue weighted by Crippen LogP contribution is -2.30. The number of benzene rings is 3. The van der Waals surface area contributed by atoms with E-state index in [0.717, 1.165) is 21.9 Å². The minimum atomic E-state index is -3.71. The summed E-state index contributed by atoms with van der Waals surface area (Å²) in [6.07, 6.45) is 1.12. The summed E-state index contributed by atoms with van der Waals surface area (Å²) in [6.45, 7) is 4.22. The van der Waals surface area contributed by atoms with Crippen molar-refractivity contribution in [2.24, 2.45) is 0 Å². The first-order chi connectivity index (χ1) is 15.6. The van der Waals surface area contributed by atoms with Crippen LogP contribution in [0.15, 0.2) is 72.8 Å². The van der Waals surface area contributed by atoms with E-state index in [9.17, 15) is 17.6 Å². The number of carbonyl (C=O) groups is 1. The third-order valence-corrected chi connectivity index (χ3v) is 5.94. The molecule has 0 fully saturated rings. The first-order valence-corrected chi connectivity index (χ1v) is 12.3. The van der Waals surface area contributed by atoms with Gasteiger partial charge in [-0.15, -0.1) is 0 Å². The molecule has 0 aromatic heterocycles. The Hall–Kier alpha value is -3.39. The van der Waals surface area contributed by atoms with Crippen molar-refractivity contribution in [2.75, 3.05) is 10.6 Å². The number of halogens is 1.